The lowest BCUT2D eigenvalue weighted by molar-refractivity contribution is 0.424. The maximum absolute atomic E-state index is 9.61. The van der Waals surface area contributed by atoms with Crippen molar-refractivity contribution >= 4 is 53.2 Å². The summed E-state index contributed by atoms with van der Waals surface area (Å²) in [5.41, 5.74) is 11.1. The van der Waals surface area contributed by atoms with Crippen LogP contribution in [0.4, 0.5) is 5.82 Å². The number of aromatic hydroxyl groups is 1. The van der Waals surface area contributed by atoms with Crippen molar-refractivity contribution in [2.24, 2.45) is 0 Å². The molecule has 0 aliphatic rings. The van der Waals surface area contributed by atoms with Crippen LogP contribution in [0.1, 0.15) is 11.1 Å². The minimum Gasteiger partial charge on any atom is -0.492 e. The molecule has 7 N–H and O–H groups in total. The predicted molar refractivity (Wildman–Crippen MR) is 150 cm³/mol. The Bertz CT molecular complexity index is 1610. The molecule has 4 aromatic heterocycles. The van der Waals surface area contributed by atoms with Crippen molar-refractivity contribution in [2.75, 3.05) is 5.73 Å². The van der Waals surface area contributed by atoms with E-state index in [9.17, 15) is 5.11 Å². The Kier molecular flexibility index (Phi) is 7.70. The Morgan fingerprint density at radius 2 is 1.20 bits per heavy atom. The van der Waals surface area contributed by atoms with Gasteiger partial charge in [0.1, 0.15) is 11.8 Å². The summed E-state index contributed by atoms with van der Waals surface area (Å²) < 4.78 is 3.75. The lowest BCUT2D eigenvalue weighted by atomic mass is 9.80. The van der Waals surface area contributed by atoms with Crippen molar-refractivity contribution in [3.05, 3.63) is 90.9 Å². The number of nitrogens with zero attached hydrogens (tertiary/aromatic N) is 7. The van der Waals surface area contributed by atoms with E-state index in [0.717, 1.165) is 16.6 Å². The number of benzene rings is 2. The highest BCUT2D eigenvalue weighted by Crippen LogP contribution is 2.20. The molecular weight excluding hydrogens is 514 g/mol. The quantitative estimate of drug-likeness (QED) is 0.142. The van der Waals surface area contributed by atoms with E-state index in [0.29, 0.717) is 46.5 Å². The third-order valence-corrected chi connectivity index (χ3v) is 6.21. The number of nitrogens with two attached hydrogens (primary N) is 1. The van der Waals surface area contributed by atoms with Gasteiger partial charge in [0.25, 0.3) is 0 Å². The fourth-order valence-corrected chi connectivity index (χ4v) is 4.10. The normalized spacial score (nSPS) is 10.9. The van der Waals surface area contributed by atoms with Crippen LogP contribution in [-0.2, 0) is 13.1 Å². The summed E-state index contributed by atoms with van der Waals surface area (Å²) in [7, 11) is -2.91. The molecule has 0 aliphatic carbocycles. The molecule has 0 aliphatic heterocycles. The Balaban J connectivity index is 0.000000161. The monoisotopic (exact) mass is 538 g/mol. The van der Waals surface area contributed by atoms with Crippen LogP contribution >= 0.6 is 0 Å². The first-order chi connectivity index (χ1) is 19.3. The molecule has 4 heterocycles. The molecule has 0 saturated carbocycles. The zero-order valence-electron chi connectivity index (χ0n) is 21.0. The summed E-state index contributed by atoms with van der Waals surface area (Å²) in [4.78, 5) is 20.2. The number of imidazole rings is 2. The molecule has 0 unspecified atom stereocenters. The highest BCUT2D eigenvalue weighted by Gasteiger charge is 2.12. The Morgan fingerprint density at radius 1 is 0.650 bits per heavy atom. The largest absolute Gasteiger partial charge is 0.492 e. The van der Waals surface area contributed by atoms with Crippen molar-refractivity contribution in [1.29, 1.82) is 0 Å². The second kappa shape index (κ2) is 11.5. The molecule has 6 rings (SSSR count). The zero-order valence-corrected chi connectivity index (χ0v) is 21.0. The number of hydrogen-bond donors (Lipinski definition) is 6. The maximum atomic E-state index is 9.61. The van der Waals surface area contributed by atoms with E-state index in [2.05, 4.69) is 24.9 Å². The highest BCUT2D eigenvalue weighted by atomic mass is 16.4. The lowest BCUT2D eigenvalue weighted by Crippen LogP contribution is -2.29. The molecule has 0 bridgehead atoms. The smallest absolute Gasteiger partial charge is 0.488 e. The molecule has 0 fully saturated rings. The molecule has 0 saturated heterocycles. The molecule has 40 heavy (non-hydrogen) atoms. The van der Waals surface area contributed by atoms with Gasteiger partial charge in [0.15, 0.2) is 17.0 Å². The Morgan fingerprint density at radius 3 is 1.80 bits per heavy atom. The summed E-state index contributed by atoms with van der Waals surface area (Å²) in [6.07, 6.45) is 6.23. The molecule has 0 amide bonds. The standard InChI is InChI=1S/C13H12BN3O3.C12H12BN5O2/c18-13-12-11(5-6-15-13)17(8-16-12)7-9-1-3-10(4-2-9)14(19)20;14-11-10-12(16-6-15-11)18(7-17-10)5-8-1-3-9(4-2-8)13(19)20/h1-6,8,19-20H,7H2,(H,15,18);1-4,6-7,19-20H,5H2,(H2,14,15,16). The highest BCUT2D eigenvalue weighted by molar-refractivity contribution is 6.58. The fourth-order valence-electron chi connectivity index (χ4n) is 4.10. The van der Waals surface area contributed by atoms with E-state index in [-0.39, 0.29) is 5.88 Å². The van der Waals surface area contributed by atoms with Crippen molar-refractivity contribution < 1.29 is 25.2 Å². The number of pyridine rings is 1. The van der Waals surface area contributed by atoms with Crippen molar-refractivity contribution in [3.63, 3.8) is 0 Å². The van der Waals surface area contributed by atoms with Crippen molar-refractivity contribution in [1.82, 2.24) is 34.1 Å². The molecule has 6 aromatic rings. The van der Waals surface area contributed by atoms with E-state index in [1.807, 2.05) is 33.4 Å². The first-order valence-electron chi connectivity index (χ1n) is 12.1. The Labute approximate surface area is 228 Å². The average Bonchev–Trinajstić information content (AvgIpc) is 3.55. The van der Waals surface area contributed by atoms with Gasteiger partial charge < -0.3 is 40.1 Å². The molecule has 13 nitrogen and oxygen atoms in total. The SMILES string of the molecule is Nc1ncnc2c1ncn2Cc1ccc(B(O)O)cc1.OB(O)c1ccc(Cn2cnc3c(O)nccc32)cc1. The van der Waals surface area contributed by atoms with Gasteiger partial charge in [-0.25, -0.2) is 24.9 Å². The van der Waals surface area contributed by atoms with Gasteiger partial charge in [-0.05, 0) is 28.1 Å². The van der Waals surface area contributed by atoms with E-state index >= 15 is 0 Å². The Hall–Kier alpha value is -4.82. The van der Waals surface area contributed by atoms with Crippen molar-refractivity contribution in [3.8, 4) is 5.88 Å². The molecule has 15 heteroatoms. The van der Waals surface area contributed by atoms with E-state index in [1.54, 1.807) is 43.0 Å². The number of hydrogen-bond acceptors (Lipinski definition) is 11. The van der Waals surface area contributed by atoms with Gasteiger partial charge in [0.05, 0.1) is 24.7 Å². The van der Waals surface area contributed by atoms with Crippen molar-refractivity contribution in [2.45, 2.75) is 13.1 Å². The minimum absolute atomic E-state index is 0.0833. The van der Waals surface area contributed by atoms with Gasteiger partial charge in [0.2, 0.25) is 5.88 Å². The van der Waals surface area contributed by atoms with Crippen LogP contribution < -0.4 is 16.7 Å². The van der Waals surface area contributed by atoms with Gasteiger partial charge >= 0.3 is 14.2 Å². The van der Waals surface area contributed by atoms with Crippen LogP contribution in [0.25, 0.3) is 22.2 Å². The number of rotatable bonds is 6. The molecule has 200 valence electrons. The molecular formula is C25H24B2N8O5. The van der Waals surface area contributed by atoms with Gasteiger partial charge in [-0.1, -0.05) is 48.5 Å². The first-order valence-corrected chi connectivity index (χ1v) is 12.1. The van der Waals surface area contributed by atoms with Crippen LogP contribution in [0.15, 0.2) is 79.8 Å². The van der Waals surface area contributed by atoms with Crippen LogP contribution in [0.5, 0.6) is 5.88 Å². The second-order valence-electron chi connectivity index (χ2n) is 8.91. The van der Waals surface area contributed by atoms with Crippen LogP contribution in [0.2, 0.25) is 0 Å². The number of aromatic nitrogens is 7. The van der Waals surface area contributed by atoms with Crippen LogP contribution in [0, 0.1) is 0 Å². The number of anilines is 1. The fraction of sp³-hybridized carbons (Fsp3) is 0.0800. The van der Waals surface area contributed by atoms with Gasteiger partial charge in [-0.15, -0.1) is 0 Å². The average molecular weight is 538 g/mol. The first kappa shape index (κ1) is 26.8. The number of fused-ring (bicyclic) bond motifs is 2. The summed E-state index contributed by atoms with van der Waals surface area (Å²) >= 11 is 0. The van der Waals surface area contributed by atoms with E-state index in [1.165, 1.54) is 12.5 Å². The van der Waals surface area contributed by atoms with Crippen LogP contribution in [0.3, 0.4) is 0 Å². The molecule has 2 aromatic carbocycles. The third kappa shape index (κ3) is 5.77. The van der Waals surface area contributed by atoms with Crippen LogP contribution in [-0.4, -0.2) is 73.5 Å². The summed E-state index contributed by atoms with van der Waals surface area (Å²) in [6.45, 7) is 1.14. The third-order valence-electron chi connectivity index (χ3n) is 6.21. The summed E-state index contributed by atoms with van der Waals surface area (Å²) in [6, 6.07) is 15.7. The molecule has 0 atom stereocenters. The van der Waals surface area contributed by atoms with E-state index in [4.69, 9.17) is 25.8 Å². The second-order valence-corrected chi connectivity index (χ2v) is 8.91. The number of nitrogen functional groups attached to an aromatic ring is 1. The topological polar surface area (TPSA) is 201 Å². The summed E-state index contributed by atoms with van der Waals surface area (Å²) in [5, 5.41) is 45.8. The zero-order chi connectivity index (χ0) is 28.2. The van der Waals surface area contributed by atoms with Gasteiger partial charge in [-0.2, -0.15) is 0 Å². The predicted octanol–water partition coefficient (Wildman–Crippen LogP) is -0.998. The minimum atomic E-state index is -1.46. The maximum Gasteiger partial charge on any atom is 0.488 e. The van der Waals surface area contributed by atoms with Gasteiger partial charge in [-0.3, -0.25) is 0 Å². The lowest BCUT2D eigenvalue weighted by Gasteiger charge is -2.06. The molecule has 0 radical (unpaired) electrons. The molecule has 0 spiro atoms. The summed E-state index contributed by atoms with van der Waals surface area (Å²) in [5.74, 6) is 0.271. The van der Waals surface area contributed by atoms with Gasteiger partial charge in [0, 0.05) is 12.7 Å². The van der Waals surface area contributed by atoms with E-state index < -0.39 is 14.2 Å².